The molecular weight excluding hydrogens is 502 g/mol. The zero-order chi connectivity index (χ0) is 27.4. The molecule has 0 unspecified atom stereocenters. The van der Waals surface area contributed by atoms with Gasteiger partial charge in [-0.15, -0.1) is 0 Å². The Labute approximate surface area is 225 Å². The number of halogens is 2. The van der Waals surface area contributed by atoms with Crippen molar-refractivity contribution >= 4 is 11.4 Å². The molecule has 0 radical (unpaired) electrons. The Morgan fingerprint density at radius 1 is 1.10 bits per heavy atom. The molecule has 0 saturated carbocycles. The van der Waals surface area contributed by atoms with E-state index in [0.29, 0.717) is 68.2 Å². The molecule has 4 aromatic rings. The van der Waals surface area contributed by atoms with Crippen LogP contribution in [0, 0.1) is 24.5 Å². The SMILES string of the molecule is Cc1nc2c(OCc3ccccc3)cccn2c(=O)c1CCN1CCC(/C(=N\O)c2ccc(F)cc2F)CC1. The van der Waals surface area contributed by atoms with Gasteiger partial charge in [-0.3, -0.25) is 9.20 Å². The van der Waals surface area contributed by atoms with Gasteiger partial charge in [-0.1, -0.05) is 35.5 Å². The van der Waals surface area contributed by atoms with Gasteiger partial charge in [0.05, 0.1) is 5.71 Å². The average molecular weight is 533 g/mol. The monoisotopic (exact) mass is 532 g/mol. The van der Waals surface area contributed by atoms with Crippen LogP contribution in [0.4, 0.5) is 8.78 Å². The maximum absolute atomic E-state index is 14.3. The van der Waals surface area contributed by atoms with E-state index in [1.807, 2.05) is 43.3 Å². The van der Waals surface area contributed by atoms with E-state index in [1.54, 1.807) is 12.3 Å². The lowest BCUT2D eigenvalue weighted by atomic mass is 9.88. The molecule has 1 saturated heterocycles. The van der Waals surface area contributed by atoms with Crippen molar-refractivity contribution in [2.45, 2.75) is 32.8 Å². The fourth-order valence-electron chi connectivity index (χ4n) is 5.17. The van der Waals surface area contributed by atoms with Crippen LogP contribution in [-0.4, -0.2) is 44.8 Å². The van der Waals surface area contributed by atoms with Gasteiger partial charge in [-0.05, 0) is 69.1 Å². The highest BCUT2D eigenvalue weighted by Crippen LogP contribution is 2.25. The van der Waals surface area contributed by atoms with Gasteiger partial charge in [0.2, 0.25) is 0 Å². The number of aryl methyl sites for hydroxylation is 1. The molecule has 0 amide bonds. The molecule has 0 spiro atoms. The minimum absolute atomic E-state index is 0.112. The van der Waals surface area contributed by atoms with Gasteiger partial charge >= 0.3 is 0 Å². The second-order valence-electron chi connectivity index (χ2n) is 9.80. The van der Waals surface area contributed by atoms with Crippen LogP contribution in [0.5, 0.6) is 5.75 Å². The van der Waals surface area contributed by atoms with Gasteiger partial charge in [-0.2, -0.15) is 0 Å². The summed E-state index contributed by atoms with van der Waals surface area (Å²) in [7, 11) is 0. The molecule has 39 heavy (non-hydrogen) atoms. The lowest BCUT2D eigenvalue weighted by molar-refractivity contribution is 0.208. The zero-order valence-corrected chi connectivity index (χ0v) is 21.7. The molecule has 202 valence electrons. The van der Waals surface area contributed by atoms with Crippen LogP contribution in [0.15, 0.2) is 76.8 Å². The maximum atomic E-state index is 14.3. The first-order chi connectivity index (χ1) is 18.9. The number of benzene rings is 2. The van der Waals surface area contributed by atoms with Crippen LogP contribution in [0.2, 0.25) is 0 Å². The number of hydrogen-bond acceptors (Lipinski definition) is 6. The summed E-state index contributed by atoms with van der Waals surface area (Å²) in [5.41, 5.74) is 3.09. The fraction of sp³-hybridized carbons (Fsp3) is 0.300. The largest absolute Gasteiger partial charge is 0.485 e. The van der Waals surface area contributed by atoms with E-state index in [1.165, 1.54) is 10.5 Å². The first kappa shape index (κ1) is 26.5. The van der Waals surface area contributed by atoms with Gasteiger partial charge in [0.15, 0.2) is 11.4 Å². The van der Waals surface area contributed by atoms with Gasteiger partial charge in [0.1, 0.15) is 18.2 Å². The third-order valence-electron chi connectivity index (χ3n) is 7.32. The van der Waals surface area contributed by atoms with Crippen molar-refractivity contribution < 1.29 is 18.7 Å². The molecule has 3 heterocycles. The van der Waals surface area contributed by atoms with Crippen molar-refractivity contribution in [3.63, 3.8) is 0 Å². The molecule has 0 bridgehead atoms. The number of hydrogen-bond donors (Lipinski definition) is 1. The minimum Gasteiger partial charge on any atom is -0.485 e. The Kier molecular flexibility index (Phi) is 7.97. The van der Waals surface area contributed by atoms with Gasteiger partial charge in [0.25, 0.3) is 5.56 Å². The van der Waals surface area contributed by atoms with Crippen LogP contribution in [0.1, 0.15) is 35.2 Å². The number of oxime groups is 1. The molecule has 1 N–H and O–H groups in total. The number of aromatic nitrogens is 2. The van der Waals surface area contributed by atoms with E-state index in [0.717, 1.165) is 17.7 Å². The summed E-state index contributed by atoms with van der Waals surface area (Å²) in [5, 5.41) is 12.9. The quantitative estimate of drug-likeness (QED) is 0.196. The highest BCUT2D eigenvalue weighted by Gasteiger charge is 2.27. The molecule has 0 atom stereocenters. The highest BCUT2D eigenvalue weighted by molar-refractivity contribution is 6.02. The summed E-state index contributed by atoms with van der Waals surface area (Å²) in [4.78, 5) is 20.3. The standard InChI is InChI=1S/C30H30F2N4O3/c1-20-24(30(37)36-14-5-8-27(29(36)33-20)39-19-21-6-3-2-4-7-21)13-17-35-15-11-22(12-16-35)28(34-38)25-10-9-23(31)18-26(25)32/h2-10,14,18,22,38H,11-13,15-17,19H2,1H3/b34-28+. The zero-order valence-electron chi connectivity index (χ0n) is 21.7. The first-order valence-electron chi connectivity index (χ1n) is 13.0. The van der Waals surface area contributed by atoms with Crippen LogP contribution in [0.25, 0.3) is 5.65 Å². The average Bonchev–Trinajstić information content (AvgIpc) is 2.94. The lowest BCUT2D eigenvalue weighted by Crippen LogP contribution is -2.38. The molecule has 0 aliphatic carbocycles. The number of fused-ring (bicyclic) bond motifs is 1. The lowest BCUT2D eigenvalue weighted by Gasteiger charge is -2.32. The molecule has 9 heteroatoms. The Balaban J connectivity index is 1.24. The normalized spacial score (nSPS) is 15.1. The smallest absolute Gasteiger partial charge is 0.261 e. The van der Waals surface area contributed by atoms with Crippen molar-refractivity contribution in [3.8, 4) is 5.75 Å². The molecular formula is C30H30F2N4O3. The van der Waals surface area contributed by atoms with E-state index in [2.05, 4.69) is 10.1 Å². The third kappa shape index (κ3) is 5.83. The predicted molar refractivity (Wildman–Crippen MR) is 145 cm³/mol. The van der Waals surface area contributed by atoms with Crippen molar-refractivity contribution in [2.24, 2.45) is 11.1 Å². The second kappa shape index (κ2) is 11.7. The summed E-state index contributed by atoms with van der Waals surface area (Å²) in [6.07, 6.45) is 3.56. The first-order valence-corrected chi connectivity index (χ1v) is 13.0. The number of ether oxygens (including phenoxy) is 1. The molecule has 1 fully saturated rings. The Hall–Kier alpha value is -4.11. The fourth-order valence-corrected chi connectivity index (χ4v) is 5.17. The van der Waals surface area contributed by atoms with Gasteiger partial charge in [0, 0.05) is 41.5 Å². The number of likely N-dealkylation sites (tertiary alicyclic amines) is 1. The number of nitrogens with zero attached hydrogens (tertiary/aromatic N) is 4. The van der Waals surface area contributed by atoms with E-state index in [-0.39, 0.29) is 22.8 Å². The van der Waals surface area contributed by atoms with Crippen LogP contribution in [-0.2, 0) is 13.0 Å². The van der Waals surface area contributed by atoms with E-state index in [9.17, 15) is 18.8 Å². The molecule has 2 aromatic heterocycles. The topological polar surface area (TPSA) is 79.4 Å². The summed E-state index contributed by atoms with van der Waals surface area (Å²) >= 11 is 0. The summed E-state index contributed by atoms with van der Waals surface area (Å²) in [5.74, 6) is -1.00. The van der Waals surface area contributed by atoms with Crippen molar-refractivity contribution in [2.75, 3.05) is 19.6 Å². The van der Waals surface area contributed by atoms with Gasteiger partial charge < -0.3 is 14.8 Å². The maximum Gasteiger partial charge on any atom is 0.261 e. The number of piperidine rings is 1. The minimum atomic E-state index is -0.737. The molecule has 7 nitrogen and oxygen atoms in total. The van der Waals surface area contributed by atoms with Crippen molar-refractivity contribution in [1.29, 1.82) is 0 Å². The molecule has 1 aliphatic rings. The van der Waals surface area contributed by atoms with Crippen LogP contribution in [0.3, 0.4) is 0 Å². The highest BCUT2D eigenvalue weighted by atomic mass is 19.1. The van der Waals surface area contributed by atoms with Crippen molar-refractivity contribution in [1.82, 2.24) is 14.3 Å². The van der Waals surface area contributed by atoms with E-state index >= 15 is 0 Å². The molecule has 1 aliphatic heterocycles. The Morgan fingerprint density at radius 3 is 2.59 bits per heavy atom. The number of rotatable bonds is 8. The summed E-state index contributed by atoms with van der Waals surface area (Å²) in [6.45, 7) is 4.29. The van der Waals surface area contributed by atoms with Crippen LogP contribution < -0.4 is 10.3 Å². The Bertz CT molecular complexity index is 1550. The van der Waals surface area contributed by atoms with E-state index in [4.69, 9.17) is 9.72 Å². The number of pyridine rings is 1. The summed E-state index contributed by atoms with van der Waals surface area (Å²) < 4.78 is 35.1. The third-order valence-corrected chi connectivity index (χ3v) is 7.32. The second-order valence-corrected chi connectivity index (χ2v) is 9.80. The Morgan fingerprint density at radius 2 is 1.87 bits per heavy atom. The van der Waals surface area contributed by atoms with Crippen LogP contribution >= 0.6 is 0 Å². The summed E-state index contributed by atoms with van der Waals surface area (Å²) in [6, 6.07) is 16.7. The molecule has 5 rings (SSSR count). The molecule has 2 aromatic carbocycles. The van der Waals surface area contributed by atoms with Gasteiger partial charge in [-0.25, -0.2) is 13.8 Å². The predicted octanol–water partition coefficient (Wildman–Crippen LogP) is 4.99. The van der Waals surface area contributed by atoms with E-state index < -0.39 is 11.6 Å². The van der Waals surface area contributed by atoms with Crippen molar-refractivity contribution in [3.05, 3.63) is 111 Å².